The fourth-order valence-electron chi connectivity index (χ4n) is 3.60. The second-order valence-corrected chi connectivity index (χ2v) is 7.37. The number of thioether (sulfide) groups is 1. The third-order valence-corrected chi connectivity index (χ3v) is 5.93. The van der Waals surface area contributed by atoms with Crippen molar-refractivity contribution in [3.05, 3.63) is 60.2 Å². The molecule has 0 fully saturated rings. The number of para-hydroxylation sites is 2. The standard InChI is InChI=1S/C20H23N2O2S/c1-2-24-18-12-7-6-11-17(18)21-15-20(23,16-9-4-3-5-10-16)22-13-8-14-25-19(21)22/h3-7,9-12,23H,2,8,13-15H2,1H3/q+1/t20-/m1/s1. The lowest BCUT2D eigenvalue weighted by molar-refractivity contribution is -0.656. The minimum atomic E-state index is -1.01. The maximum Gasteiger partial charge on any atom is 0.316 e. The summed E-state index contributed by atoms with van der Waals surface area (Å²) in [4.78, 5) is 2.21. The number of amidine groups is 1. The first-order valence-electron chi connectivity index (χ1n) is 8.78. The zero-order valence-electron chi connectivity index (χ0n) is 14.4. The van der Waals surface area contributed by atoms with Gasteiger partial charge in [0, 0.05) is 11.3 Å². The van der Waals surface area contributed by atoms with Gasteiger partial charge in [-0.2, -0.15) is 0 Å². The molecule has 2 aliphatic heterocycles. The van der Waals surface area contributed by atoms with Crippen molar-refractivity contribution in [3.63, 3.8) is 0 Å². The second kappa shape index (κ2) is 6.73. The van der Waals surface area contributed by atoms with Crippen LogP contribution in [0.3, 0.4) is 0 Å². The van der Waals surface area contributed by atoms with Crippen molar-refractivity contribution in [2.45, 2.75) is 19.1 Å². The molecule has 2 heterocycles. The van der Waals surface area contributed by atoms with E-state index in [-0.39, 0.29) is 0 Å². The smallest absolute Gasteiger partial charge is 0.316 e. The average molecular weight is 355 g/mol. The van der Waals surface area contributed by atoms with Gasteiger partial charge in [0.1, 0.15) is 0 Å². The van der Waals surface area contributed by atoms with Crippen LogP contribution in [0, 0.1) is 0 Å². The van der Waals surface area contributed by atoms with Crippen molar-refractivity contribution < 1.29 is 14.4 Å². The molecule has 0 unspecified atom stereocenters. The van der Waals surface area contributed by atoms with E-state index < -0.39 is 5.72 Å². The number of hydrogen-bond acceptors (Lipinski definition) is 4. The Hall–Kier alpha value is -1.98. The molecule has 0 saturated heterocycles. The molecule has 0 aliphatic carbocycles. The van der Waals surface area contributed by atoms with Crippen LogP contribution in [0.4, 0.5) is 5.69 Å². The molecule has 0 aromatic heterocycles. The summed E-state index contributed by atoms with van der Waals surface area (Å²) in [6.07, 6.45) is 1.07. The molecule has 0 bridgehead atoms. The summed E-state index contributed by atoms with van der Waals surface area (Å²) in [7, 11) is 0. The topological polar surface area (TPSA) is 35.7 Å². The molecular weight excluding hydrogens is 332 g/mol. The largest absolute Gasteiger partial charge is 0.489 e. The molecule has 0 saturated carbocycles. The van der Waals surface area contributed by atoms with E-state index in [1.807, 2.05) is 67.2 Å². The van der Waals surface area contributed by atoms with Crippen molar-refractivity contribution in [1.29, 1.82) is 0 Å². The second-order valence-electron chi connectivity index (χ2n) is 6.31. The highest BCUT2D eigenvalue weighted by Crippen LogP contribution is 2.40. The van der Waals surface area contributed by atoms with E-state index in [2.05, 4.69) is 15.5 Å². The van der Waals surface area contributed by atoms with Crippen molar-refractivity contribution in [1.82, 2.24) is 0 Å². The van der Waals surface area contributed by atoms with Crippen LogP contribution in [-0.2, 0) is 5.72 Å². The Morgan fingerprint density at radius 1 is 1.16 bits per heavy atom. The van der Waals surface area contributed by atoms with Gasteiger partial charge in [0.05, 0.1) is 13.2 Å². The van der Waals surface area contributed by atoms with Gasteiger partial charge in [-0.05, 0) is 37.2 Å². The van der Waals surface area contributed by atoms with E-state index in [1.54, 1.807) is 0 Å². The lowest BCUT2D eigenvalue weighted by atomic mass is 10.0. The molecule has 130 valence electrons. The third kappa shape index (κ3) is 2.81. The van der Waals surface area contributed by atoms with Crippen molar-refractivity contribution in [2.24, 2.45) is 0 Å². The summed E-state index contributed by atoms with van der Waals surface area (Å²) < 4.78 is 7.99. The van der Waals surface area contributed by atoms with Gasteiger partial charge < -0.3 is 9.84 Å². The Morgan fingerprint density at radius 3 is 2.72 bits per heavy atom. The number of benzene rings is 2. The number of rotatable bonds is 4. The summed E-state index contributed by atoms with van der Waals surface area (Å²) in [6, 6.07) is 18.1. The normalized spacial score (nSPS) is 22.9. The number of aliphatic hydroxyl groups is 1. The van der Waals surface area contributed by atoms with Crippen molar-refractivity contribution in [3.8, 4) is 5.75 Å². The predicted molar refractivity (Wildman–Crippen MR) is 103 cm³/mol. The fraction of sp³-hybridized carbons (Fsp3) is 0.350. The Balaban J connectivity index is 1.80. The maximum absolute atomic E-state index is 11.6. The number of anilines is 1. The zero-order chi connectivity index (χ0) is 17.3. The number of nitrogens with zero attached hydrogens (tertiary/aromatic N) is 2. The molecule has 25 heavy (non-hydrogen) atoms. The monoisotopic (exact) mass is 355 g/mol. The quantitative estimate of drug-likeness (QED) is 0.854. The van der Waals surface area contributed by atoms with Gasteiger partial charge in [-0.15, -0.1) is 0 Å². The molecule has 2 aromatic rings. The molecule has 5 heteroatoms. The van der Waals surface area contributed by atoms with Crippen LogP contribution in [0.15, 0.2) is 54.6 Å². The highest BCUT2D eigenvalue weighted by Gasteiger charge is 2.53. The number of β-amino-alcohol motifs (C(OH)–C–C–N with tert-alkyl or cyclic N) is 1. The van der Waals surface area contributed by atoms with Crippen molar-refractivity contribution in [2.75, 3.05) is 30.3 Å². The first-order chi connectivity index (χ1) is 12.2. The molecule has 0 radical (unpaired) electrons. The first-order valence-corrected chi connectivity index (χ1v) is 9.77. The maximum atomic E-state index is 11.6. The van der Waals surface area contributed by atoms with Crippen molar-refractivity contribution >= 4 is 22.6 Å². The molecule has 2 aliphatic rings. The number of hydrogen-bond donors (Lipinski definition) is 1. The fourth-order valence-corrected chi connectivity index (χ4v) is 4.77. The third-order valence-electron chi connectivity index (χ3n) is 4.74. The van der Waals surface area contributed by atoms with Gasteiger partial charge in [0.15, 0.2) is 18.0 Å². The minimum Gasteiger partial charge on any atom is -0.489 e. The van der Waals surface area contributed by atoms with Gasteiger partial charge in [0.2, 0.25) is 0 Å². The van der Waals surface area contributed by atoms with Crippen LogP contribution < -0.4 is 9.64 Å². The lowest BCUT2D eigenvalue weighted by Crippen LogP contribution is -2.41. The van der Waals surface area contributed by atoms with Gasteiger partial charge in [-0.3, -0.25) is 0 Å². The molecular formula is C20H23N2O2S+. The van der Waals surface area contributed by atoms with E-state index in [9.17, 15) is 5.11 Å². The molecule has 4 rings (SSSR count). The molecule has 1 atom stereocenters. The van der Waals surface area contributed by atoms with E-state index >= 15 is 0 Å². The highest BCUT2D eigenvalue weighted by atomic mass is 32.2. The van der Waals surface area contributed by atoms with E-state index in [0.29, 0.717) is 13.2 Å². The average Bonchev–Trinajstić information content (AvgIpc) is 2.98. The van der Waals surface area contributed by atoms with Crippen LogP contribution in [0.2, 0.25) is 0 Å². The van der Waals surface area contributed by atoms with E-state index in [0.717, 1.165) is 40.9 Å². The Labute approximate surface area is 152 Å². The van der Waals surface area contributed by atoms with Gasteiger partial charge >= 0.3 is 5.17 Å². The van der Waals surface area contributed by atoms with Crippen LogP contribution >= 0.6 is 11.8 Å². The summed E-state index contributed by atoms with van der Waals surface area (Å²) in [6.45, 7) is 3.99. The van der Waals surface area contributed by atoms with Gasteiger partial charge in [0.25, 0.3) is 5.72 Å². The lowest BCUT2D eigenvalue weighted by Gasteiger charge is -2.24. The SMILES string of the molecule is CCOc1ccccc1N1C[C@@](O)(c2ccccc2)[N+]2=C1SCCC2. The highest BCUT2D eigenvalue weighted by molar-refractivity contribution is 8.13. The van der Waals surface area contributed by atoms with Crippen LogP contribution in [-0.4, -0.2) is 40.3 Å². The summed E-state index contributed by atoms with van der Waals surface area (Å²) in [5, 5.41) is 12.7. The molecule has 0 spiro atoms. The Kier molecular flexibility index (Phi) is 4.44. The summed E-state index contributed by atoms with van der Waals surface area (Å²) in [5.41, 5.74) is 0.945. The summed E-state index contributed by atoms with van der Waals surface area (Å²) in [5.74, 6) is 1.94. The Bertz CT molecular complexity index is 793. The molecule has 0 amide bonds. The summed E-state index contributed by atoms with van der Waals surface area (Å²) >= 11 is 1.81. The molecule has 1 N–H and O–H groups in total. The number of ether oxygens (including phenoxy) is 1. The Morgan fingerprint density at radius 2 is 1.92 bits per heavy atom. The van der Waals surface area contributed by atoms with Gasteiger partial charge in [-0.1, -0.05) is 42.5 Å². The van der Waals surface area contributed by atoms with Crippen LogP contribution in [0.5, 0.6) is 5.75 Å². The predicted octanol–water partition coefficient (Wildman–Crippen LogP) is 3.26. The zero-order valence-corrected chi connectivity index (χ0v) is 15.2. The first kappa shape index (κ1) is 16.5. The minimum absolute atomic E-state index is 0.503. The van der Waals surface area contributed by atoms with E-state index in [1.165, 1.54) is 0 Å². The van der Waals surface area contributed by atoms with Gasteiger partial charge in [-0.25, -0.2) is 9.48 Å². The molecule has 2 aromatic carbocycles. The van der Waals surface area contributed by atoms with Crippen LogP contribution in [0.25, 0.3) is 0 Å². The molecule has 4 nitrogen and oxygen atoms in total. The van der Waals surface area contributed by atoms with E-state index in [4.69, 9.17) is 4.74 Å². The van der Waals surface area contributed by atoms with Crippen LogP contribution in [0.1, 0.15) is 18.9 Å².